The minimum atomic E-state index is -0.291. The van der Waals surface area contributed by atoms with Crippen LogP contribution in [0.5, 0.6) is 5.75 Å². The van der Waals surface area contributed by atoms with Gasteiger partial charge in [-0.3, -0.25) is 15.6 Å². The van der Waals surface area contributed by atoms with Crippen LogP contribution in [0.15, 0.2) is 30.6 Å². The van der Waals surface area contributed by atoms with E-state index in [2.05, 4.69) is 25.7 Å². The van der Waals surface area contributed by atoms with Gasteiger partial charge in [-0.1, -0.05) is 0 Å². The molecule has 0 atom stereocenters. The summed E-state index contributed by atoms with van der Waals surface area (Å²) in [4.78, 5) is 22.8. The lowest BCUT2D eigenvalue weighted by Gasteiger charge is -2.28. The van der Waals surface area contributed by atoms with Gasteiger partial charge in [0.15, 0.2) is 11.6 Å². The average molecular weight is 342 g/mol. The summed E-state index contributed by atoms with van der Waals surface area (Å²) >= 11 is 0. The topological polar surface area (TPSA) is 105 Å². The average Bonchev–Trinajstić information content (AvgIpc) is 2.67. The fraction of sp³-hybridized carbons (Fsp3) is 0.353. The number of rotatable bonds is 5. The monoisotopic (exact) mass is 342 g/mol. The molecule has 1 aliphatic heterocycles. The summed E-state index contributed by atoms with van der Waals surface area (Å²) < 4.78 is 5.08. The molecule has 0 aliphatic carbocycles. The van der Waals surface area contributed by atoms with Crippen molar-refractivity contribution in [2.24, 2.45) is 0 Å². The standard InChI is InChI=1S/C17H22N6O2/c1-25-13-7-5-12(6-8-13)17(24)22-21-15-14(18)16(20-11-19-15)23-9-3-2-4-10-23/h5-8,11H,2-4,9-10,18H2,1H3,(H,22,24)(H,19,20,21). The molecule has 2 heterocycles. The van der Waals surface area contributed by atoms with E-state index in [1.54, 1.807) is 31.4 Å². The van der Waals surface area contributed by atoms with Crippen LogP contribution in [-0.2, 0) is 0 Å². The molecule has 1 saturated heterocycles. The normalized spacial score (nSPS) is 14.0. The van der Waals surface area contributed by atoms with Crippen molar-refractivity contribution in [3.63, 3.8) is 0 Å². The highest BCUT2D eigenvalue weighted by Crippen LogP contribution is 2.27. The molecule has 0 bridgehead atoms. The van der Waals surface area contributed by atoms with E-state index >= 15 is 0 Å². The number of amides is 1. The second-order valence-corrected chi connectivity index (χ2v) is 5.81. The first kappa shape index (κ1) is 16.8. The molecule has 132 valence electrons. The molecule has 1 aromatic carbocycles. The first-order valence-electron chi connectivity index (χ1n) is 8.25. The first-order chi connectivity index (χ1) is 12.2. The summed E-state index contributed by atoms with van der Waals surface area (Å²) in [7, 11) is 1.58. The van der Waals surface area contributed by atoms with Gasteiger partial charge in [0, 0.05) is 18.7 Å². The van der Waals surface area contributed by atoms with E-state index in [4.69, 9.17) is 10.5 Å². The van der Waals surface area contributed by atoms with E-state index in [-0.39, 0.29) is 5.91 Å². The number of hydrazine groups is 1. The Kier molecular flexibility index (Phi) is 5.17. The van der Waals surface area contributed by atoms with Gasteiger partial charge in [-0.05, 0) is 43.5 Å². The molecule has 1 fully saturated rings. The summed E-state index contributed by atoms with van der Waals surface area (Å²) in [6.07, 6.45) is 4.92. The number of nitrogens with one attached hydrogen (secondary N) is 2. The highest BCUT2D eigenvalue weighted by atomic mass is 16.5. The molecule has 3 rings (SSSR count). The molecule has 1 aliphatic rings. The van der Waals surface area contributed by atoms with Gasteiger partial charge in [0.1, 0.15) is 17.8 Å². The van der Waals surface area contributed by atoms with Crippen LogP contribution in [0, 0.1) is 0 Å². The lowest BCUT2D eigenvalue weighted by molar-refractivity contribution is 0.0962. The van der Waals surface area contributed by atoms with Crippen LogP contribution in [0.1, 0.15) is 29.6 Å². The predicted molar refractivity (Wildman–Crippen MR) is 96.6 cm³/mol. The molecule has 0 spiro atoms. The van der Waals surface area contributed by atoms with Crippen LogP contribution in [-0.4, -0.2) is 36.1 Å². The quantitative estimate of drug-likeness (QED) is 0.712. The number of benzene rings is 1. The third-order valence-electron chi connectivity index (χ3n) is 4.17. The molecule has 8 nitrogen and oxygen atoms in total. The molecule has 1 amide bonds. The van der Waals surface area contributed by atoms with Crippen molar-refractivity contribution < 1.29 is 9.53 Å². The maximum Gasteiger partial charge on any atom is 0.269 e. The molecule has 4 N–H and O–H groups in total. The van der Waals surface area contributed by atoms with E-state index in [0.29, 0.717) is 28.6 Å². The third kappa shape index (κ3) is 3.90. The Morgan fingerprint density at radius 3 is 2.56 bits per heavy atom. The summed E-state index contributed by atoms with van der Waals surface area (Å²) in [6, 6.07) is 6.81. The number of aromatic nitrogens is 2. The smallest absolute Gasteiger partial charge is 0.269 e. The zero-order chi connectivity index (χ0) is 17.6. The Labute approximate surface area is 146 Å². The van der Waals surface area contributed by atoms with Crippen LogP contribution < -0.4 is 26.2 Å². The second-order valence-electron chi connectivity index (χ2n) is 5.81. The number of ether oxygens (including phenoxy) is 1. The number of hydrogen-bond donors (Lipinski definition) is 3. The van der Waals surface area contributed by atoms with Gasteiger partial charge in [-0.15, -0.1) is 0 Å². The number of methoxy groups -OCH3 is 1. The minimum Gasteiger partial charge on any atom is -0.497 e. The molecule has 0 unspecified atom stereocenters. The summed E-state index contributed by atoms with van der Waals surface area (Å²) in [5.41, 5.74) is 12.5. The maximum atomic E-state index is 12.2. The third-order valence-corrected chi connectivity index (χ3v) is 4.17. The van der Waals surface area contributed by atoms with Gasteiger partial charge in [0.2, 0.25) is 0 Å². The Morgan fingerprint density at radius 2 is 1.88 bits per heavy atom. The highest BCUT2D eigenvalue weighted by Gasteiger charge is 2.17. The predicted octanol–water partition coefficient (Wildman–Crippen LogP) is 1.81. The number of nitrogens with two attached hydrogens (primary N) is 1. The number of nitrogens with zero attached hydrogens (tertiary/aromatic N) is 3. The molecule has 0 radical (unpaired) electrons. The number of piperidine rings is 1. The summed E-state index contributed by atoms with van der Waals surface area (Å²) in [5, 5.41) is 0. The Bertz CT molecular complexity index is 728. The zero-order valence-corrected chi connectivity index (χ0v) is 14.2. The minimum absolute atomic E-state index is 0.291. The van der Waals surface area contributed by atoms with Gasteiger partial charge in [-0.2, -0.15) is 0 Å². The molecule has 2 aromatic rings. The number of carbonyl (C=O) groups excluding carboxylic acids is 1. The van der Waals surface area contributed by atoms with E-state index < -0.39 is 0 Å². The molecule has 0 saturated carbocycles. The first-order valence-corrected chi connectivity index (χ1v) is 8.25. The van der Waals surface area contributed by atoms with Crippen LogP contribution in [0.4, 0.5) is 17.3 Å². The van der Waals surface area contributed by atoms with E-state index in [0.717, 1.165) is 25.9 Å². The Balaban J connectivity index is 1.67. The van der Waals surface area contributed by atoms with Gasteiger partial charge >= 0.3 is 0 Å². The lowest BCUT2D eigenvalue weighted by atomic mass is 10.1. The fourth-order valence-electron chi connectivity index (χ4n) is 2.77. The molecule has 8 heteroatoms. The molecule has 1 aromatic heterocycles. The van der Waals surface area contributed by atoms with Crippen molar-refractivity contribution in [3.8, 4) is 5.75 Å². The summed E-state index contributed by atoms with van der Waals surface area (Å²) in [5.74, 6) is 1.49. The zero-order valence-electron chi connectivity index (χ0n) is 14.2. The van der Waals surface area contributed by atoms with Crippen molar-refractivity contribution in [3.05, 3.63) is 36.2 Å². The number of nitrogen functional groups attached to an aromatic ring is 1. The molecular weight excluding hydrogens is 320 g/mol. The van der Waals surface area contributed by atoms with Crippen LogP contribution >= 0.6 is 0 Å². The van der Waals surface area contributed by atoms with E-state index in [1.807, 2.05) is 0 Å². The molecular formula is C17H22N6O2. The van der Waals surface area contributed by atoms with Crippen molar-refractivity contribution in [1.82, 2.24) is 15.4 Å². The second kappa shape index (κ2) is 7.69. The molecule has 25 heavy (non-hydrogen) atoms. The maximum absolute atomic E-state index is 12.2. The van der Waals surface area contributed by atoms with Crippen LogP contribution in [0.2, 0.25) is 0 Å². The van der Waals surface area contributed by atoms with Gasteiger partial charge in [0.25, 0.3) is 5.91 Å². The number of anilines is 3. The van der Waals surface area contributed by atoms with Gasteiger partial charge < -0.3 is 15.4 Å². The SMILES string of the molecule is COc1ccc(C(=O)NNc2ncnc(N3CCCCC3)c2N)cc1. The Hall–Kier alpha value is -3.03. The summed E-state index contributed by atoms with van der Waals surface area (Å²) in [6.45, 7) is 1.86. The van der Waals surface area contributed by atoms with Gasteiger partial charge in [0.05, 0.1) is 7.11 Å². The highest BCUT2D eigenvalue weighted by molar-refractivity contribution is 5.95. The fourth-order valence-corrected chi connectivity index (χ4v) is 2.77. The van der Waals surface area contributed by atoms with Crippen LogP contribution in [0.3, 0.4) is 0 Å². The largest absolute Gasteiger partial charge is 0.497 e. The van der Waals surface area contributed by atoms with E-state index in [1.165, 1.54) is 12.7 Å². The Morgan fingerprint density at radius 1 is 1.16 bits per heavy atom. The van der Waals surface area contributed by atoms with Gasteiger partial charge in [-0.25, -0.2) is 9.97 Å². The number of carbonyl (C=O) groups is 1. The van der Waals surface area contributed by atoms with E-state index in [9.17, 15) is 4.79 Å². The van der Waals surface area contributed by atoms with Crippen LogP contribution in [0.25, 0.3) is 0 Å². The van der Waals surface area contributed by atoms with Crippen molar-refractivity contribution in [1.29, 1.82) is 0 Å². The van der Waals surface area contributed by atoms with Crippen molar-refractivity contribution in [2.75, 3.05) is 36.3 Å². The lowest BCUT2D eigenvalue weighted by Crippen LogP contribution is -2.33. The van der Waals surface area contributed by atoms with Crippen molar-refractivity contribution >= 4 is 23.2 Å². The van der Waals surface area contributed by atoms with Crippen molar-refractivity contribution in [2.45, 2.75) is 19.3 Å². The number of hydrogen-bond acceptors (Lipinski definition) is 7.